The van der Waals surface area contributed by atoms with E-state index in [1.807, 2.05) is 4.90 Å². The highest BCUT2D eigenvalue weighted by atomic mass is 35.5. The Hall–Kier alpha value is -1.63. The molecule has 0 aliphatic carbocycles. The average Bonchev–Trinajstić information content (AvgIpc) is 3.08. The molecule has 6 nitrogen and oxygen atoms in total. The third-order valence-electron chi connectivity index (χ3n) is 3.71. The Kier molecular flexibility index (Phi) is 4.33. The Morgan fingerprint density at radius 2 is 2.23 bits per heavy atom. The van der Waals surface area contributed by atoms with Gasteiger partial charge in [-0.05, 0) is 37.6 Å². The minimum atomic E-state index is -0.786. The Labute approximate surface area is 137 Å². The Balaban J connectivity index is 1.78. The van der Waals surface area contributed by atoms with E-state index >= 15 is 0 Å². The molecule has 0 bridgehead atoms. The maximum Gasteiger partial charge on any atom is 0.320 e. The highest BCUT2D eigenvalue weighted by Gasteiger charge is 2.30. The highest BCUT2D eigenvalue weighted by Crippen LogP contribution is 2.24. The second-order valence-electron chi connectivity index (χ2n) is 5.22. The van der Waals surface area contributed by atoms with Crippen LogP contribution in [0.5, 0.6) is 0 Å². The van der Waals surface area contributed by atoms with Crippen molar-refractivity contribution in [2.45, 2.75) is 25.4 Å². The van der Waals surface area contributed by atoms with E-state index < -0.39 is 12.0 Å². The molecular formula is C14H14Cl2N4O2. The van der Waals surface area contributed by atoms with Gasteiger partial charge in [-0.1, -0.05) is 28.4 Å². The van der Waals surface area contributed by atoms with Crippen LogP contribution in [-0.2, 0) is 11.3 Å². The summed E-state index contributed by atoms with van der Waals surface area (Å²) in [7, 11) is 0. The number of hydrogen-bond acceptors (Lipinski definition) is 4. The van der Waals surface area contributed by atoms with E-state index in [1.54, 1.807) is 29.1 Å². The highest BCUT2D eigenvalue weighted by molar-refractivity contribution is 6.35. The molecule has 0 saturated carbocycles. The first-order chi connectivity index (χ1) is 10.5. The number of carboxylic acids is 1. The van der Waals surface area contributed by atoms with Crippen molar-refractivity contribution < 1.29 is 9.90 Å². The summed E-state index contributed by atoms with van der Waals surface area (Å²) >= 11 is 12.0. The first-order valence-corrected chi connectivity index (χ1v) is 7.63. The van der Waals surface area contributed by atoms with Gasteiger partial charge in [-0.2, -0.15) is 0 Å². The van der Waals surface area contributed by atoms with Gasteiger partial charge in [0.15, 0.2) is 0 Å². The minimum absolute atomic E-state index is 0.440. The van der Waals surface area contributed by atoms with E-state index in [9.17, 15) is 9.90 Å². The predicted octanol–water partition coefficient (Wildman–Crippen LogP) is 2.62. The summed E-state index contributed by atoms with van der Waals surface area (Å²) < 4.78 is 1.57. The van der Waals surface area contributed by atoms with Gasteiger partial charge in [0.2, 0.25) is 0 Å². The normalized spacial score (nSPS) is 18.7. The van der Waals surface area contributed by atoms with Crippen LogP contribution in [0.25, 0.3) is 5.69 Å². The second kappa shape index (κ2) is 6.24. The zero-order valence-electron chi connectivity index (χ0n) is 11.6. The second-order valence-corrected chi connectivity index (χ2v) is 6.06. The molecule has 1 saturated heterocycles. The molecule has 22 heavy (non-hydrogen) atoms. The molecule has 1 aliphatic heterocycles. The largest absolute Gasteiger partial charge is 0.480 e. The predicted molar refractivity (Wildman–Crippen MR) is 82.4 cm³/mol. The first kappa shape index (κ1) is 15.3. The lowest BCUT2D eigenvalue weighted by Gasteiger charge is -2.19. The number of carboxylic acid groups (broad SMARTS) is 1. The number of halogens is 2. The number of aliphatic carboxylic acids is 1. The molecular weight excluding hydrogens is 327 g/mol. The summed E-state index contributed by atoms with van der Waals surface area (Å²) in [6.45, 7) is 1.22. The summed E-state index contributed by atoms with van der Waals surface area (Å²) in [5, 5.41) is 18.4. The lowest BCUT2D eigenvalue weighted by atomic mass is 10.2. The third kappa shape index (κ3) is 3.09. The molecule has 1 N–H and O–H groups in total. The molecule has 2 aromatic rings. The van der Waals surface area contributed by atoms with E-state index in [-0.39, 0.29) is 0 Å². The van der Waals surface area contributed by atoms with Crippen LogP contribution in [0.15, 0.2) is 24.4 Å². The number of rotatable bonds is 4. The number of nitrogens with zero attached hydrogens (tertiary/aromatic N) is 4. The number of benzene rings is 1. The van der Waals surface area contributed by atoms with Crippen LogP contribution in [0, 0.1) is 0 Å². The van der Waals surface area contributed by atoms with Crippen molar-refractivity contribution in [1.82, 2.24) is 19.9 Å². The molecule has 0 radical (unpaired) electrons. The first-order valence-electron chi connectivity index (χ1n) is 6.88. The van der Waals surface area contributed by atoms with Gasteiger partial charge in [-0.15, -0.1) is 5.10 Å². The molecule has 1 aliphatic rings. The summed E-state index contributed by atoms with van der Waals surface area (Å²) in [4.78, 5) is 13.1. The number of likely N-dealkylation sites (tertiary alicyclic amines) is 1. The molecule has 0 spiro atoms. The van der Waals surface area contributed by atoms with E-state index in [2.05, 4.69) is 10.3 Å². The summed E-state index contributed by atoms with van der Waals surface area (Å²) in [5.74, 6) is -0.786. The van der Waals surface area contributed by atoms with Crippen molar-refractivity contribution in [2.24, 2.45) is 0 Å². The summed E-state index contributed by atoms with van der Waals surface area (Å²) in [6, 6.07) is 4.69. The maximum absolute atomic E-state index is 11.2. The summed E-state index contributed by atoms with van der Waals surface area (Å²) in [5.41, 5.74) is 1.39. The molecule has 0 unspecified atom stereocenters. The van der Waals surface area contributed by atoms with Crippen molar-refractivity contribution in [3.63, 3.8) is 0 Å². The standard InChI is InChI=1S/C14H14Cl2N4O2/c15-9-3-4-12(11(16)6-9)20-8-10(17-18-20)7-19-5-1-2-13(19)14(21)22/h3-4,6,8,13H,1-2,5,7H2,(H,21,22)/t13-/m0/s1. The van der Waals surface area contributed by atoms with Crippen LogP contribution in [0.2, 0.25) is 10.0 Å². The fraction of sp³-hybridized carbons (Fsp3) is 0.357. The molecule has 1 aromatic heterocycles. The Morgan fingerprint density at radius 3 is 2.95 bits per heavy atom. The Morgan fingerprint density at radius 1 is 1.41 bits per heavy atom. The topological polar surface area (TPSA) is 71.2 Å². The smallest absolute Gasteiger partial charge is 0.320 e. The summed E-state index contributed by atoms with van der Waals surface area (Å²) in [6.07, 6.45) is 3.31. The fourth-order valence-electron chi connectivity index (χ4n) is 2.66. The van der Waals surface area contributed by atoms with Crippen molar-refractivity contribution >= 4 is 29.2 Å². The molecule has 8 heteroatoms. The van der Waals surface area contributed by atoms with Crippen molar-refractivity contribution in [3.8, 4) is 5.69 Å². The van der Waals surface area contributed by atoms with Crippen LogP contribution < -0.4 is 0 Å². The molecule has 1 aromatic carbocycles. The van der Waals surface area contributed by atoms with Crippen molar-refractivity contribution in [2.75, 3.05) is 6.54 Å². The zero-order chi connectivity index (χ0) is 15.7. The molecule has 3 rings (SSSR count). The van der Waals surface area contributed by atoms with Gasteiger partial charge in [0.1, 0.15) is 6.04 Å². The van der Waals surface area contributed by atoms with Gasteiger partial charge in [0.25, 0.3) is 0 Å². The maximum atomic E-state index is 11.2. The van der Waals surface area contributed by atoms with E-state index in [0.717, 1.165) is 13.0 Å². The Bertz CT molecular complexity index is 704. The average molecular weight is 341 g/mol. The van der Waals surface area contributed by atoms with Crippen LogP contribution in [0.1, 0.15) is 18.5 Å². The molecule has 1 atom stereocenters. The van der Waals surface area contributed by atoms with Crippen LogP contribution in [0.4, 0.5) is 0 Å². The fourth-order valence-corrected chi connectivity index (χ4v) is 3.15. The van der Waals surface area contributed by atoms with Crippen molar-refractivity contribution in [3.05, 3.63) is 40.1 Å². The van der Waals surface area contributed by atoms with Gasteiger partial charge in [-0.25, -0.2) is 4.68 Å². The lowest BCUT2D eigenvalue weighted by Crippen LogP contribution is -2.35. The van der Waals surface area contributed by atoms with Crippen LogP contribution >= 0.6 is 23.2 Å². The van der Waals surface area contributed by atoms with Gasteiger partial charge in [0.05, 0.1) is 22.6 Å². The zero-order valence-corrected chi connectivity index (χ0v) is 13.1. The minimum Gasteiger partial charge on any atom is -0.480 e. The molecule has 2 heterocycles. The molecule has 116 valence electrons. The van der Waals surface area contributed by atoms with Crippen molar-refractivity contribution in [1.29, 1.82) is 0 Å². The third-order valence-corrected chi connectivity index (χ3v) is 4.25. The van der Waals surface area contributed by atoms with Crippen LogP contribution in [0.3, 0.4) is 0 Å². The molecule has 0 amide bonds. The number of carbonyl (C=O) groups is 1. The quantitative estimate of drug-likeness (QED) is 0.926. The monoisotopic (exact) mass is 340 g/mol. The van der Waals surface area contributed by atoms with Gasteiger partial charge in [0, 0.05) is 11.6 Å². The van der Waals surface area contributed by atoms with E-state index in [4.69, 9.17) is 23.2 Å². The van der Waals surface area contributed by atoms with Gasteiger partial charge >= 0.3 is 5.97 Å². The molecule has 1 fully saturated rings. The van der Waals surface area contributed by atoms with E-state index in [0.29, 0.717) is 34.4 Å². The number of hydrogen-bond donors (Lipinski definition) is 1. The number of aromatic nitrogens is 3. The van der Waals surface area contributed by atoms with Gasteiger partial charge < -0.3 is 5.11 Å². The van der Waals surface area contributed by atoms with E-state index in [1.165, 1.54) is 0 Å². The SMILES string of the molecule is O=C(O)[C@@H]1CCCN1Cc1cn(-c2ccc(Cl)cc2Cl)nn1. The van der Waals surface area contributed by atoms with Gasteiger partial charge in [-0.3, -0.25) is 9.69 Å². The van der Waals surface area contributed by atoms with Crippen LogP contribution in [-0.4, -0.2) is 43.6 Å². The lowest BCUT2D eigenvalue weighted by molar-refractivity contribution is -0.142.